The number of nitrogens with two attached hydrogens (primary N) is 1. The average Bonchev–Trinajstić information content (AvgIpc) is 2.39. The number of rotatable bonds is 1. The zero-order valence-corrected chi connectivity index (χ0v) is 10.3. The maximum absolute atomic E-state index is 5.68. The van der Waals surface area contributed by atoms with Gasteiger partial charge in [-0.3, -0.25) is 0 Å². The maximum Gasteiger partial charge on any atom is 0.123 e. The highest BCUT2D eigenvalue weighted by molar-refractivity contribution is 5.87. The van der Waals surface area contributed by atoms with E-state index in [1.165, 1.54) is 11.3 Å². The molecule has 1 aliphatic heterocycles. The van der Waals surface area contributed by atoms with Gasteiger partial charge in [-0.05, 0) is 36.6 Å². The van der Waals surface area contributed by atoms with Crippen LogP contribution in [0.1, 0.15) is 6.92 Å². The number of aromatic nitrogens is 1. The third-order valence-corrected chi connectivity index (χ3v) is 3.19. The van der Waals surface area contributed by atoms with Crippen LogP contribution in [0.25, 0.3) is 10.8 Å². The van der Waals surface area contributed by atoms with Crippen molar-refractivity contribution in [2.24, 2.45) is 0 Å². The summed E-state index contributed by atoms with van der Waals surface area (Å²) in [5, 5.41) is 2.24. The molecule has 2 N–H and O–H groups in total. The first kappa shape index (κ1) is 10.8. The minimum absolute atomic E-state index is 0.562. The smallest absolute Gasteiger partial charge is 0.123 e. The molecule has 0 atom stereocenters. The third-order valence-electron chi connectivity index (χ3n) is 3.19. The summed E-state index contributed by atoms with van der Waals surface area (Å²) in [5.74, 6) is 0.562. The van der Waals surface area contributed by atoms with Crippen LogP contribution < -0.4 is 10.6 Å². The normalized spacial score (nSPS) is 14.9. The molecule has 0 fully saturated rings. The predicted molar refractivity (Wildman–Crippen MR) is 76.4 cm³/mol. The fourth-order valence-electron chi connectivity index (χ4n) is 2.09. The molecule has 3 nitrogen and oxygen atoms in total. The fourth-order valence-corrected chi connectivity index (χ4v) is 2.09. The fraction of sp³-hybridized carbons (Fsp3) is 0.133. The van der Waals surface area contributed by atoms with Crippen LogP contribution in [0, 0.1) is 0 Å². The largest absolute Gasteiger partial charge is 0.384 e. The monoisotopic (exact) mass is 237 g/mol. The lowest BCUT2D eigenvalue weighted by atomic mass is 10.1. The van der Waals surface area contributed by atoms with E-state index >= 15 is 0 Å². The van der Waals surface area contributed by atoms with Crippen LogP contribution >= 0.6 is 0 Å². The molecule has 1 aliphatic rings. The lowest BCUT2D eigenvalue weighted by molar-refractivity contribution is 1.06. The molecule has 1 aromatic carbocycles. The van der Waals surface area contributed by atoms with Crippen molar-refractivity contribution in [3.05, 3.63) is 54.4 Å². The Hall–Kier alpha value is -2.29. The maximum atomic E-state index is 5.68. The van der Waals surface area contributed by atoms with Crippen molar-refractivity contribution in [3.8, 4) is 0 Å². The van der Waals surface area contributed by atoms with Crippen LogP contribution in [0.3, 0.4) is 0 Å². The third kappa shape index (κ3) is 1.95. The van der Waals surface area contributed by atoms with E-state index in [0.29, 0.717) is 5.82 Å². The summed E-state index contributed by atoms with van der Waals surface area (Å²) in [4.78, 5) is 6.35. The second-order valence-electron chi connectivity index (χ2n) is 4.56. The molecule has 0 spiro atoms. The molecule has 0 amide bonds. The van der Waals surface area contributed by atoms with E-state index in [9.17, 15) is 0 Å². The first-order valence-electron chi connectivity index (χ1n) is 5.99. The zero-order valence-electron chi connectivity index (χ0n) is 10.3. The van der Waals surface area contributed by atoms with Gasteiger partial charge in [-0.25, -0.2) is 4.98 Å². The van der Waals surface area contributed by atoms with Crippen molar-refractivity contribution in [1.82, 2.24) is 4.98 Å². The van der Waals surface area contributed by atoms with Gasteiger partial charge in [0.2, 0.25) is 0 Å². The highest BCUT2D eigenvalue weighted by atomic mass is 15.1. The molecule has 2 heterocycles. The van der Waals surface area contributed by atoms with Crippen molar-refractivity contribution >= 4 is 22.3 Å². The van der Waals surface area contributed by atoms with Gasteiger partial charge >= 0.3 is 0 Å². The van der Waals surface area contributed by atoms with Crippen molar-refractivity contribution < 1.29 is 0 Å². The molecule has 0 saturated carbocycles. The van der Waals surface area contributed by atoms with Crippen LogP contribution in [0.5, 0.6) is 0 Å². The van der Waals surface area contributed by atoms with Crippen LogP contribution in [-0.2, 0) is 0 Å². The molecule has 0 unspecified atom stereocenters. The summed E-state index contributed by atoms with van der Waals surface area (Å²) < 4.78 is 0. The van der Waals surface area contributed by atoms with Crippen molar-refractivity contribution in [1.29, 1.82) is 0 Å². The Morgan fingerprint density at radius 3 is 2.89 bits per heavy atom. The Labute approximate surface area is 106 Å². The van der Waals surface area contributed by atoms with Crippen LogP contribution in [0.4, 0.5) is 11.5 Å². The first-order chi connectivity index (χ1) is 8.72. The minimum Gasteiger partial charge on any atom is -0.384 e. The molecule has 0 radical (unpaired) electrons. The van der Waals surface area contributed by atoms with Crippen molar-refractivity contribution in [2.75, 3.05) is 17.2 Å². The van der Waals surface area contributed by atoms with E-state index in [0.717, 1.165) is 17.3 Å². The lowest BCUT2D eigenvalue weighted by Gasteiger charge is -2.22. The second kappa shape index (κ2) is 4.18. The number of hydrogen-bond acceptors (Lipinski definition) is 3. The van der Waals surface area contributed by atoms with Gasteiger partial charge in [0, 0.05) is 30.0 Å². The topological polar surface area (TPSA) is 42.1 Å². The number of nitrogens with zero attached hydrogens (tertiary/aromatic N) is 2. The average molecular weight is 237 g/mol. The van der Waals surface area contributed by atoms with E-state index in [2.05, 4.69) is 53.4 Å². The van der Waals surface area contributed by atoms with E-state index < -0.39 is 0 Å². The lowest BCUT2D eigenvalue weighted by Crippen LogP contribution is -2.18. The molecular weight excluding hydrogens is 222 g/mol. The molecule has 0 aliphatic carbocycles. The van der Waals surface area contributed by atoms with E-state index in [4.69, 9.17) is 5.73 Å². The quantitative estimate of drug-likeness (QED) is 0.828. The summed E-state index contributed by atoms with van der Waals surface area (Å²) in [6, 6.07) is 8.23. The highest BCUT2D eigenvalue weighted by Gasteiger charge is 2.06. The standard InChI is InChI=1S/C15H15N3/c1-11-4-6-18(7-5-11)14-3-2-12-9-15(16)17-10-13(12)8-14/h2-6,8-10H,7H2,1H3,(H2,16,17). The first-order valence-corrected chi connectivity index (χ1v) is 5.99. The Morgan fingerprint density at radius 1 is 1.22 bits per heavy atom. The number of allylic oxidation sites excluding steroid dienone is 2. The van der Waals surface area contributed by atoms with Crippen molar-refractivity contribution in [3.63, 3.8) is 0 Å². The molecular formula is C15H15N3. The van der Waals surface area contributed by atoms with Gasteiger partial charge in [0.25, 0.3) is 0 Å². The number of benzene rings is 1. The Bertz CT molecular complexity index is 656. The summed E-state index contributed by atoms with van der Waals surface area (Å²) in [6.45, 7) is 3.02. The van der Waals surface area contributed by atoms with Gasteiger partial charge in [-0.15, -0.1) is 0 Å². The number of hydrogen-bond donors (Lipinski definition) is 1. The predicted octanol–water partition coefficient (Wildman–Crippen LogP) is 3.10. The molecule has 1 aromatic heterocycles. The Balaban J connectivity index is 1.99. The van der Waals surface area contributed by atoms with E-state index in [1.54, 1.807) is 0 Å². The summed E-state index contributed by atoms with van der Waals surface area (Å²) in [7, 11) is 0. The molecule has 90 valence electrons. The molecule has 0 saturated heterocycles. The van der Waals surface area contributed by atoms with Crippen LogP contribution in [-0.4, -0.2) is 11.5 Å². The van der Waals surface area contributed by atoms with E-state index in [1.807, 2.05) is 12.3 Å². The molecule has 18 heavy (non-hydrogen) atoms. The SMILES string of the molecule is CC1=CCN(c2ccc3cc(N)ncc3c2)C=C1. The summed E-state index contributed by atoms with van der Waals surface area (Å²) in [5.41, 5.74) is 8.16. The van der Waals surface area contributed by atoms with Crippen LogP contribution in [0.2, 0.25) is 0 Å². The van der Waals surface area contributed by atoms with Gasteiger partial charge < -0.3 is 10.6 Å². The number of pyridine rings is 1. The highest BCUT2D eigenvalue weighted by Crippen LogP contribution is 2.24. The van der Waals surface area contributed by atoms with Gasteiger partial charge in [0.15, 0.2) is 0 Å². The van der Waals surface area contributed by atoms with Gasteiger partial charge in [0.1, 0.15) is 5.82 Å². The van der Waals surface area contributed by atoms with E-state index in [-0.39, 0.29) is 0 Å². The number of fused-ring (bicyclic) bond motifs is 1. The summed E-state index contributed by atoms with van der Waals surface area (Å²) >= 11 is 0. The zero-order chi connectivity index (χ0) is 12.5. The van der Waals surface area contributed by atoms with Gasteiger partial charge in [-0.2, -0.15) is 0 Å². The Morgan fingerprint density at radius 2 is 2.11 bits per heavy atom. The second-order valence-corrected chi connectivity index (χ2v) is 4.56. The summed E-state index contributed by atoms with van der Waals surface area (Å²) in [6.07, 6.45) is 8.27. The number of anilines is 2. The van der Waals surface area contributed by atoms with Crippen molar-refractivity contribution in [2.45, 2.75) is 6.92 Å². The Kier molecular flexibility index (Phi) is 2.52. The molecule has 3 rings (SSSR count). The number of nitrogen functional groups attached to an aromatic ring is 1. The molecule has 2 aromatic rings. The van der Waals surface area contributed by atoms with Gasteiger partial charge in [-0.1, -0.05) is 17.7 Å². The molecule has 0 bridgehead atoms. The van der Waals surface area contributed by atoms with Crippen LogP contribution in [0.15, 0.2) is 54.4 Å². The molecule has 3 heteroatoms. The van der Waals surface area contributed by atoms with Gasteiger partial charge in [0.05, 0.1) is 0 Å². The minimum atomic E-state index is 0.562.